The van der Waals surface area contributed by atoms with E-state index in [-0.39, 0.29) is 11.9 Å². The quantitative estimate of drug-likeness (QED) is 0.838. The molecule has 1 aliphatic rings. The average Bonchev–Trinajstić information content (AvgIpc) is 2.53. The molecule has 2 heterocycles. The number of carbonyl (C=O) groups excluding carboxylic acids is 1. The van der Waals surface area contributed by atoms with Crippen molar-refractivity contribution in [3.63, 3.8) is 0 Å². The van der Waals surface area contributed by atoms with Gasteiger partial charge in [-0.05, 0) is 12.1 Å². The number of nitrogens with one attached hydrogen (secondary N) is 1. The van der Waals surface area contributed by atoms with E-state index in [1.54, 1.807) is 12.3 Å². The van der Waals surface area contributed by atoms with Crippen LogP contribution in [0.15, 0.2) is 36.5 Å². The predicted octanol–water partition coefficient (Wildman–Crippen LogP) is 0.608. The Kier molecular flexibility index (Phi) is 3.62. The number of nitrogens with two attached hydrogens (primary N) is 1. The van der Waals surface area contributed by atoms with E-state index >= 15 is 0 Å². The van der Waals surface area contributed by atoms with Gasteiger partial charge in [0, 0.05) is 37.8 Å². The molecule has 0 bridgehead atoms. The highest BCUT2D eigenvalue weighted by Gasteiger charge is 2.27. The number of para-hydroxylation sites is 1. The molecule has 0 saturated carbocycles. The maximum atomic E-state index is 12.8. The molecule has 1 unspecified atom stereocenters. The Morgan fingerprint density at radius 3 is 3.10 bits per heavy atom. The van der Waals surface area contributed by atoms with Crippen molar-refractivity contribution in [2.24, 2.45) is 5.73 Å². The largest absolute Gasteiger partial charge is 0.332 e. The van der Waals surface area contributed by atoms with Gasteiger partial charge in [-0.2, -0.15) is 0 Å². The zero-order valence-electron chi connectivity index (χ0n) is 11.2. The van der Waals surface area contributed by atoms with E-state index in [2.05, 4.69) is 10.3 Å². The van der Waals surface area contributed by atoms with E-state index in [1.807, 2.05) is 29.2 Å². The molecule has 3 N–H and O–H groups in total. The van der Waals surface area contributed by atoms with Crippen LogP contribution >= 0.6 is 0 Å². The lowest BCUT2D eigenvalue weighted by Gasteiger charge is -2.35. The Bertz CT molecular complexity index is 623. The molecule has 1 atom stereocenters. The van der Waals surface area contributed by atoms with Crippen LogP contribution in [0.3, 0.4) is 0 Å². The molecule has 1 saturated heterocycles. The van der Waals surface area contributed by atoms with Crippen molar-refractivity contribution in [1.82, 2.24) is 15.2 Å². The Labute approximate surface area is 117 Å². The van der Waals surface area contributed by atoms with Crippen molar-refractivity contribution in [3.8, 4) is 0 Å². The summed E-state index contributed by atoms with van der Waals surface area (Å²) in [4.78, 5) is 19.0. The summed E-state index contributed by atoms with van der Waals surface area (Å²) in [5, 5.41) is 4.17. The zero-order chi connectivity index (χ0) is 13.9. The second kappa shape index (κ2) is 5.56. The molecule has 1 aliphatic heterocycles. The topological polar surface area (TPSA) is 71.2 Å². The molecule has 5 nitrogen and oxygen atoms in total. The SMILES string of the molecule is NCC1CNCCN1C(=O)c1ccnc2ccccc12. The molecule has 5 heteroatoms. The summed E-state index contributed by atoms with van der Waals surface area (Å²) in [5.74, 6) is 0.0422. The number of benzene rings is 1. The minimum Gasteiger partial charge on any atom is -0.332 e. The number of hydrogen-bond acceptors (Lipinski definition) is 4. The van der Waals surface area contributed by atoms with Gasteiger partial charge in [-0.1, -0.05) is 18.2 Å². The van der Waals surface area contributed by atoms with Crippen molar-refractivity contribution in [2.45, 2.75) is 6.04 Å². The second-order valence-corrected chi connectivity index (χ2v) is 4.97. The number of pyridine rings is 1. The van der Waals surface area contributed by atoms with E-state index < -0.39 is 0 Å². The summed E-state index contributed by atoms with van der Waals surface area (Å²) in [6, 6.07) is 9.57. The van der Waals surface area contributed by atoms with E-state index in [4.69, 9.17) is 5.73 Å². The number of piperazine rings is 1. The molecule has 1 fully saturated rings. The smallest absolute Gasteiger partial charge is 0.254 e. The molecule has 1 aromatic heterocycles. The molecule has 0 radical (unpaired) electrons. The van der Waals surface area contributed by atoms with Crippen molar-refractivity contribution < 1.29 is 4.79 Å². The zero-order valence-corrected chi connectivity index (χ0v) is 11.2. The van der Waals surface area contributed by atoms with Gasteiger partial charge in [0.1, 0.15) is 0 Å². The number of amides is 1. The van der Waals surface area contributed by atoms with Gasteiger partial charge in [-0.15, -0.1) is 0 Å². The summed E-state index contributed by atoms with van der Waals surface area (Å²) < 4.78 is 0. The molecule has 1 amide bonds. The number of hydrogen-bond donors (Lipinski definition) is 2. The van der Waals surface area contributed by atoms with Crippen molar-refractivity contribution in [2.75, 3.05) is 26.2 Å². The Morgan fingerprint density at radius 2 is 2.25 bits per heavy atom. The lowest BCUT2D eigenvalue weighted by molar-refractivity contribution is 0.0647. The summed E-state index contributed by atoms with van der Waals surface area (Å²) in [6.45, 7) is 2.73. The van der Waals surface area contributed by atoms with Gasteiger partial charge in [0.2, 0.25) is 0 Å². The van der Waals surface area contributed by atoms with Gasteiger partial charge in [-0.3, -0.25) is 9.78 Å². The number of rotatable bonds is 2. The first-order valence-corrected chi connectivity index (χ1v) is 6.87. The van der Waals surface area contributed by atoms with Crippen LogP contribution in [0.4, 0.5) is 0 Å². The number of carbonyl (C=O) groups is 1. The molecule has 0 aliphatic carbocycles. The number of aromatic nitrogens is 1. The van der Waals surface area contributed by atoms with Gasteiger partial charge in [0.05, 0.1) is 17.1 Å². The van der Waals surface area contributed by atoms with Crippen LogP contribution in [0.25, 0.3) is 10.9 Å². The standard InChI is InChI=1S/C15H18N4O/c16-9-11-10-17-7-8-19(11)15(20)13-5-6-18-14-4-2-1-3-12(13)14/h1-6,11,17H,7-10,16H2. The molecular weight excluding hydrogens is 252 g/mol. The third-order valence-electron chi connectivity index (χ3n) is 3.76. The third kappa shape index (κ3) is 2.26. The van der Waals surface area contributed by atoms with Crippen LogP contribution in [-0.4, -0.2) is 48.0 Å². The van der Waals surface area contributed by atoms with Crippen LogP contribution < -0.4 is 11.1 Å². The normalized spacial score (nSPS) is 19.2. The number of fused-ring (bicyclic) bond motifs is 1. The van der Waals surface area contributed by atoms with Gasteiger partial charge >= 0.3 is 0 Å². The first-order chi connectivity index (χ1) is 9.81. The van der Waals surface area contributed by atoms with Crippen molar-refractivity contribution >= 4 is 16.8 Å². The molecule has 3 rings (SSSR count). The highest BCUT2D eigenvalue weighted by Crippen LogP contribution is 2.19. The van der Waals surface area contributed by atoms with Crippen LogP contribution in [0.5, 0.6) is 0 Å². The molecule has 1 aromatic carbocycles. The van der Waals surface area contributed by atoms with Crippen LogP contribution in [0, 0.1) is 0 Å². The maximum Gasteiger partial charge on any atom is 0.254 e. The summed E-state index contributed by atoms with van der Waals surface area (Å²) in [5.41, 5.74) is 7.33. The van der Waals surface area contributed by atoms with Crippen LogP contribution in [0.1, 0.15) is 10.4 Å². The second-order valence-electron chi connectivity index (χ2n) is 4.97. The lowest BCUT2D eigenvalue weighted by Crippen LogP contribution is -2.56. The van der Waals surface area contributed by atoms with Gasteiger partial charge in [0.25, 0.3) is 5.91 Å². The van der Waals surface area contributed by atoms with E-state index in [9.17, 15) is 4.79 Å². The Hall–Kier alpha value is -1.98. The van der Waals surface area contributed by atoms with Gasteiger partial charge < -0.3 is 16.0 Å². The van der Waals surface area contributed by atoms with Crippen molar-refractivity contribution in [1.29, 1.82) is 0 Å². The monoisotopic (exact) mass is 270 g/mol. The van der Waals surface area contributed by atoms with E-state index in [1.165, 1.54) is 0 Å². The summed E-state index contributed by atoms with van der Waals surface area (Å²) in [6.07, 6.45) is 1.69. The van der Waals surface area contributed by atoms with Crippen LogP contribution in [0.2, 0.25) is 0 Å². The minimum absolute atomic E-state index is 0.0422. The summed E-state index contributed by atoms with van der Waals surface area (Å²) in [7, 11) is 0. The third-order valence-corrected chi connectivity index (χ3v) is 3.76. The molecule has 104 valence electrons. The van der Waals surface area contributed by atoms with Crippen LogP contribution in [-0.2, 0) is 0 Å². The molecule has 20 heavy (non-hydrogen) atoms. The van der Waals surface area contributed by atoms with Crippen molar-refractivity contribution in [3.05, 3.63) is 42.1 Å². The fraction of sp³-hybridized carbons (Fsp3) is 0.333. The molecule has 0 spiro atoms. The number of nitrogens with zero attached hydrogens (tertiary/aromatic N) is 2. The lowest BCUT2D eigenvalue weighted by atomic mass is 10.1. The molecule has 2 aromatic rings. The average molecular weight is 270 g/mol. The van der Waals surface area contributed by atoms with Gasteiger partial charge in [0.15, 0.2) is 0 Å². The fourth-order valence-electron chi connectivity index (χ4n) is 2.68. The predicted molar refractivity (Wildman–Crippen MR) is 78.5 cm³/mol. The first-order valence-electron chi connectivity index (χ1n) is 6.87. The summed E-state index contributed by atoms with van der Waals surface area (Å²) >= 11 is 0. The van der Waals surface area contributed by atoms with E-state index in [0.29, 0.717) is 18.7 Å². The Balaban J connectivity index is 1.99. The minimum atomic E-state index is 0.0422. The Morgan fingerprint density at radius 1 is 1.40 bits per heavy atom. The first kappa shape index (κ1) is 13.0. The highest BCUT2D eigenvalue weighted by atomic mass is 16.2. The fourth-order valence-corrected chi connectivity index (χ4v) is 2.68. The van der Waals surface area contributed by atoms with Gasteiger partial charge in [-0.25, -0.2) is 0 Å². The van der Waals surface area contributed by atoms with E-state index in [0.717, 1.165) is 24.0 Å². The highest BCUT2D eigenvalue weighted by molar-refractivity contribution is 6.06. The maximum absolute atomic E-state index is 12.8. The molecular formula is C15H18N4O.